The molecule has 23 heavy (non-hydrogen) atoms. The van der Waals surface area contributed by atoms with Crippen LogP contribution < -0.4 is 0 Å². The predicted octanol–water partition coefficient (Wildman–Crippen LogP) is 1.42. The Morgan fingerprint density at radius 3 is 1.52 bits per heavy atom. The van der Waals surface area contributed by atoms with E-state index in [0.29, 0.717) is 0 Å². The van der Waals surface area contributed by atoms with Crippen molar-refractivity contribution in [3.8, 4) is 0 Å². The molecule has 0 heterocycles. The molecule has 0 aromatic heterocycles. The maximum absolute atomic E-state index is 11.9. The average Bonchev–Trinajstić information content (AvgIpc) is 2.35. The van der Waals surface area contributed by atoms with E-state index in [0.717, 1.165) is 18.2 Å². The van der Waals surface area contributed by atoms with Crippen LogP contribution in [-0.2, 0) is 19.6 Å². The van der Waals surface area contributed by atoms with Crippen molar-refractivity contribution in [2.24, 2.45) is 0 Å². The summed E-state index contributed by atoms with van der Waals surface area (Å²) in [6.45, 7) is 6.49. The molecule has 0 aliphatic rings. The minimum absolute atomic E-state index is 0. The first kappa shape index (κ1) is 22.1. The summed E-state index contributed by atoms with van der Waals surface area (Å²) in [6.07, 6.45) is -0.846. The van der Waals surface area contributed by atoms with Gasteiger partial charge in [0.25, 0.3) is 10.1 Å². The molecular formula is C14H19NaO7S. The Labute approximate surface area is 157 Å². The molecule has 1 aromatic rings. The standard InChI is InChI=1S/C14H18O7S.Na.H/c1-8(2)20-13(15)10-5-11(14(16)21-9(3)4)7-12(6-10)22(17,18)19;;/h5-9H,1-4H3,(H,17,18,19);;. The summed E-state index contributed by atoms with van der Waals surface area (Å²) in [5.74, 6) is -1.61. The van der Waals surface area contributed by atoms with Gasteiger partial charge in [-0.1, -0.05) is 0 Å². The van der Waals surface area contributed by atoms with Crippen molar-refractivity contribution in [3.63, 3.8) is 0 Å². The molecule has 0 unspecified atom stereocenters. The summed E-state index contributed by atoms with van der Waals surface area (Å²) in [7, 11) is -4.59. The molecule has 0 fully saturated rings. The van der Waals surface area contributed by atoms with Crippen molar-refractivity contribution in [3.05, 3.63) is 29.3 Å². The minimum atomic E-state index is -4.59. The first-order valence-corrected chi connectivity index (χ1v) is 7.99. The fourth-order valence-corrected chi connectivity index (χ4v) is 2.10. The van der Waals surface area contributed by atoms with E-state index in [-0.39, 0.29) is 40.7 Å². The van der Waals surface area contributed by atoms with Gasteiger partial charge in [-0.05, 0) is 45.9 Å². The molecule has 7 nitrogen and oxygen atoms in total. The third-order valence-electron chi connectivity index (χ3n) is 2.36. The number of hydrogen-bond donors (Lipinski definition) is 1. The second kappa shape index (κ2) is 8.79. The number of rotatable bonds is 5. The summed E-state index contributed by atoms with van der Waals surface area (Å²) in [6, 6.07) is 3.03. The molecule has 0 saturated carbocycles. The summed E-state index contributed by atoms with van der Waals surface area (Å²) >= 11 is 0. The van der Waals surface area contributed by atoms with Crippen LogP contribution in [0, 0.1) is 0 Å². The van der Waals surface area contributed by atoms with Gasteiger partial charge in [0.1, 0.15) is 0 Å². The van der Waals surface area contributed by atoms with Crippen molar-refractivity contribution in [2.75, 3.05) is 0 Å². The number of benzene rings is 1. The van der Waals surface area contributed by atoms with Gasteiger partial charge in [-0.3, -0.25) is 4.55 Å². The Bertz CT molecular complexity index is 640. The Morgan fingerprint density at radius 2 is 1.26 bits per heavy atom. The van der Waals surface area contributed by atoms with Crippen molar-refractivity contribution < 1.29 is 32.0 Å². The van der Waals surface area contributed by atoms with Crippen LogP contribution in [0.3, 0.4) is 0 Å². The number of carbonyl (C=O) groups excluding carboxylic acids is 2. The average molecular weight is 354 g/mol. The van der Waals surface area contributed by atoms with E-state index in [1.807, 2.05) is 0 Å². The van der Waals surface area contributed by atoms with E-state index in [1.54, 1.807) is 27.7 Å². The van der Waals surface area contributed by atoms with Crippen LogP contribution in [0.2, 0.25) is 0 Å². The molecule has 1 rings (SSSR count). The first-order valence-electron chi connectivity index (χ1n) is 6.55. The van der Waals surface area contributed by atoms with Gasteiger partial charge in [0.2, 0.25) is 0 Å². The quantitative estimate of drug-likeness (QED) is 0.484. The topological polar surface area (TPSA) is 107 Å². The molecule has 0 aliphatic heterocycles. The van der Waals surface area contributed by atoms with Gasteiger partial charge in [0.05, 0.1) is 28.2 Å². The molecule has 0 spiro atoms. The fourth-order valence-electron chi connectivity index (χ4n) is 1.55. The van der Waals surface area contributed by atoms with Gasteiger partial charge >= 0.3 is 41.5 Å². The van der Waals surface area contributed by atoms with Crippen molar-refractivity contribution in [1.29, 1.82) is 0 Å². The van der Waals surface area contributed by atoms with Gasteiger partial charge in [0, 0.05) is 0 Å². The van der Waals surface area contributed by atoms with Crippen LogP contribution in [0.4, 0.5) is 0 Å². The fraction of sp³-hybridized carbons (Fsp3) is 0.429. The molecule has 9 heteroatoms. The van der Waals surface area contributed by atoms with Gasteiger partial charge in [-0.2, -0.15) is 8.42 Å². The molecular weight excluding hydrogens is 335 g/mol. The van der Waals surface area contributed by atoms with Crippen LogP contribution >= 0.6 is 0 Å². The second-order valence-electron chi connectivity index (χ2n) is 5.13. The van der Waals surface area contributed by atoms with Gasteiger partial charge < -0.3 is 9.47 Å². The van der Waals surface area contributed by atoms with Crippen LogP contribution in [0.15, 0.2) is 23.1 Å². The summed E-state index contributed by atoms with van der Waals surface area (Å²) < 4.78 is 41.6. The van der Waals surface area contributed by atoms with E-state index in [4.69, 9.17) is 14.0 Å². The zero-order valence-electron chi connectivity index (χ0n) is 12.7. The SMILES string of the molecule is CC(C)OC(=O)c1cc(C(=O)OC(C)C)cc(S(=O)(=O)O)c1.[NaH]. The first-order chi connectivity index (χ1) is 10.0. The van der Waals surface area contributed by atoms with Crippen LogP contribution in [0.1, 0.15) is 48.4 Å². The van der Waals surface area contributed by atoms with Gasteiger partial charge in [0.15, 0.2) is 0 Å². The monoisotopic (exact) mass is 354 g/mol. The Balaban J connectivity index is 0.00000484. The number of hydrogen-bond acceptors (Lipinski definition) is 6. The number of carbonyl (C=O) groups is 2. The molecule has 1 aromatic carbocycles. The molecule has 0 aliphatic carbocycles. The van der Waals surface area contributed by atoms with Crippen molar-refractivity contribution in [2.45, 2.75) is 44.8 Å². The third kappa shape index (κ3) is 7.01. The summed E-state index contributed by atoms with van der Waals surface area (Å²) in [5, 5.41) is 0. The van der Waals surface area contributed by atoms with Gasteiger partial charge in [-0.15, -0.1) is 0 Å². The van der Waals surface area contributed by atoms with Crippen molar-refractivity contribution >= 4 is 51.6 Å². The second-order valence-corrected chi connectivity index (χ2v) is 6.55. The van der Waals surface area contributed by atoms with Crippen LogP contribution in [-0.4, -0.2) is 66.7 Å². The van der Waals surface area contributed by atoms with E-state index in [9.17, 15) is 18.0 Å². The molecule has 124 valence electrons. The molecule has 0 bridgehead atoms. The van der Waals surface area contributed by atoms with Gasteiger partial charge in [-0.25, -0.2) is 9.59 Å². The Kier molecular flexibility index (Phi) is 8.44. The molecule has 0 radical (unpaired) electrons. The molecule has 0 amide bonds. The van der Waals surface area contributed by atoms with E-state index in [1.165, 1.54) is 0 Å². The van der Waals surface area contributed by atoms with Crippen LogP contribution in [0.25, 0.3) is 0 Å². The Morgan fingerprint density at radius 1 is 0.913 bits per heavy atom. The zero-order valence-corrected chi connectivity index (χ0v) is 13.5. The third-order valence-corrected chi connectivity index (χ3v) is 3.19. The van der Waals surface area contributed by atoms with E-state index >= 15 is 0 Å². The van der Waals surface area contributed by atoms with E-state index in [2.05, 4.69) is 0 Å². The normalized spacial score (nSPS) is 11.1. The zero-order chi connectivity index (χ0) is 17.1. The summed E-state index contributed by atoms with van der Waals surface area (Å²) in [5.41, 5.74) is -0.334. The maximum atomic E-state index is 11.9. The van der Waals surface area contributed by atoms with E-state index < -0.39 is 39.2 Å². The van der Waals surface area contributed by atoms with Crippen molar-refractivity contribution in [1.82, 2.24) is 0 Å². The number of ether oxygens (including phenoxy) is 2. The molecule has 0 saturated heterocycles. The molecule has 0 atom stereocenters. The summed E-state index contributed by atoms with van der Waals surface area (Å²) in [4.78, 5) is 23.2. The predicted molar refractivity (Wildman–Crippen MR) is 84.5 cm³/mol. The number of esters is 2. The molecule has 1 N–H and O–H groups in total. The Hall–Kier alpha value is -0.930. The van der Waals surface area contributed by atoms with Crippen LogP contribution in [0.5, 0.6) is 0 Å².